The van der Waals surface area contributed by atoms with Crippen LogP contribution < -0.4 is 5.32 Å². The third kappa shape index (κ3) is 3.94. The summed E-state index contributed by atoms with van der Waals surface area (Å²) in [4.78, 5) is 11.8. The maximum Gasteiger partial charge on any atom is 0.254 e. The summed E-state index contributed by atoms with van der Waals surface area (Å²) in [5.74, 6) is -1.33. The van der Waals surface area contributed by atoms with Gasteiger partial charge in [-0.3, -0.25) is 4.79 Å². The molecule has 0 aliphatic rings. The van der Waals surface area contributed by atoms with Crippen molar-refractivity contribution < 1.29 is 19.0 Å². The number of hydrogen-bond donors (Lipinski definition) is 2. The molecule has 0 aliphatic heterocycles. The largest absolute Gasteiger partial charge is 0.396 e. The maximum atomic E-state index is 13.6. The molecule has 0 saturated carbocycles. The van der Waals surface area contributed by atoms with Crippen molar-refractivity contribution in [1.29, 1.82) is 0 Å². The molecule has 0 aliphatic carbocycles. The number of carbonyl (C=O) groups excluding carboxylic acids is 1. The summed E-state index contributed by atoms with van der Waals surface area (Å²) >= 11 is 5.60. The molecular weight excluding hydrogens is 261 g/mol. The molecule has 0 fully saturated rings. The zero-order valence-corrected chi connectivity index (χ0v) is 10.7. The number of amides is 1. The Hall–Kier alpha value is -1.17. The van der Waals surface area contributed by atoms with Crippen LogP contribution in [-0.2, 0) is 4.74 Å². The number of carbonyl (C=O) groups is 1. The molecule has 1 amide bonds. The van der Waals surface area contributed by atoms with E-state index in [2.05, 4.69) is 5.32 Å². The topological polar surface area (TPSA) is 58.6 Å². The van der Waals surface area contributed by atoms with Gasteiger partial charge in [-0.2, -0.15) is 0 Å². The summed E-state index contributed by atoms with van der Waals surface area (Å²) in [5.41, 5.74) is -0.124. The molecule has 0 heterocycles. The minimum atomic E-state index is -0.753. The number of aliphatic hydroxyl groups excluding tert-OH is 1. The summed E-state index contributed by atoms with van der Waals surface area (Å²) in [6, 6.07) is 3.84. The van der Waals surface area contributed by atoms with Gasteiger partial charge in [0.25, 0.3) is 5.91 Å². The Kier molecular flexibility index (Phi) is 6.04. The number of aliphatic hydroxyl groups is 1. The quantitative estimate of drug-likeness (QED) is 0.829. The number of benzene rings is 1. The van der Waals surface area contributed by atoms with E-state index in [0.717, 1.165) is 0 Å². The lowest BCUT2D eigenvalue weighted by Crippen LogP contribution is -2.39. The monoisotopic (exact) mass is 275 g/mol. The highest BCUT2D eigenvalue weighted by Crippen LogP contribution is 2.17. The maximum absolute atomic E-state index is 13.6. The minimum Gasteiger partial charge on any atom is -0.396 e. The van der Waals surface area contributed by atoms with E-state index in [1.165, 1.54) is 25.3 Å². The molecule has 0 aromatic heterocycles. The second kappa shape index (κ2) is 7.31. The smallest absolute Gasteiger partial charge is 0.254 e. The van der Waals surface area contributed by atoms with Crippen molar-refractivity contribution >= 4 is 17.5 Å². The van der Waals surface area contributed by atoms with Crippen molar-refractivity contribution in [3.63, 3.8) is 0 Å². The van der Waals surface area contributed by atoms with E-state index in [9.17, 15) is 9.18 Å². The van der Waals surface area contributed by atoms with E-state index in [4.69, 9.17) is 21.4 Å². The molecule has 18 heavy (non-hydrogen) atoms. The van der Waals surface area contributed by atoms with Crippen LogP contribution in [0.3, 0.4) is 0 Å². The number of nitrogens with one attached hydrogen (secondary N) is 1. The van der Waals surface area contributed by atoms with Gasteiger partial charge in [-0.25, -0.2) is 4.39 Å². The molecule has 0 spiro atoms. The Balaban J connectivity index is 2.77. The van der Waals surface area contributed by atoms with Gasteiger partial charge >= 0.3 is 0 Å². The van der Waals surface area contributed by atoms with Crippen LogP contribution >= 0.6 is 11.6 Å². The molecule has 0 saturated heterocycles. The van der Waals surface area contributed by atoms with Crippen LogP contribution in [0.25, 0.3) is 0 Å². The summed E-state index contributed by atoms with van der Waals surface area (Å²) in [7, 11) is 1.48. The van der Waals surface area contributed by atoms with Gasteiger partial charge in [-0.15, -0.1) is 0 Å². The first-order valence-corrected chi connectivity index (χ1v) is 5.82. The predicted molar refractivity (Wildman–Crippen MR) is 66.2 cm³/mol. The average Bonchev–Trinajstić information content (AvgIpc) is 2.33. The molecule has 100 valence electrons. The Labute approximate surface area is 110 Å². The number of hydrogen-bond acceptors (Lipinski definition) is 3. The molecule has 4 nitrogen and oxygen atoms in total. The van der Waals surface area contributed by atoms with Gasteiger partial charge in [-0.1, -0.05) is 17.7 Å². The van der Waals surface area contributed by atoms with Crippen molar-refractivity contribution in [1.82, 2.24) is 5.32 Å². The number of halogens is 2. The summed E-state index contributed by atoms with van der Waals surface area (Å²) in [6.07, 6.45) is 0.335. The predicted octanol–water partition coefficient (Wildman–Crippen LogP) is 1.61. The second-order valence-electron chi connectivity index (χ2n) is 3.74. The highest BCUT2D eigenvalue weighted by molar-refractivity contribution is 6.31. The second-order valence-corrected chi connectivity index (χ2v) is 4.15. The van der Waals surface area contributed by atoms with Gasteiger partial charge in [0.1, 0.15) is 0 Å². The first-order valence-electron chi connectivity index (χ1n) is 5.44. The van der Waals surface area contributed by atoms with Crippen molar-refractivity contribution in [2.75, 3.05) is 20.3 Å². The lowest BCUT2D eigenvalue weighted by atomic mass is 10.1. The van der Waals surface area contributed by atoms with E-state index in [1.807, 2.05) is 0 Å². The third-order valence-corrected chi connectivity index (χ3v) is 2.67. The Morgan fingerprint density at radius 2 is 2.33 bits per heavy atom. The first-order chi connectivity index (χ1) is 8.60. The Morgan fingerprint density at radius 3 is 2.94 bits per heavy atom. The van der Waals surface area contributed by atoms with Crippen LogP contribution in [-0.4, -0.2) is 37.4 Å². The summed E-state index contributed by atoms with van der Waals surface area (Å²) in [6.45, 7) is 0.154. The zero-order chi connectivity index (χ0) is 13.5. The molecule has 1 atom stereocenters. The lowest BCUT2D eigenvalue weighted by molar-refractivity contribution is 0.0875. The summed E-state index contributed by atoms with van der Waals surface area (Å²) < 4.78 is 18.5. The molecular formula is C12H15ClFNO3. The molecule has 0 bridgehead atoms. The summed E-state index contributed by atoms with van der Waals surface area (Å²) in [5, 5.41) is 11.3. The normalized spacial score (nSPS) is 12.2. The van der Waals surface area contributed by atoms with Crippen molar-refractivity contribution in [3.8, 4) is 0 Å². The Morgan fingerprint density at radius 1 is 1.61 bits per heavy atom. The van der Waals surface area contributed by atoms with Crippen molar-refractivity contribution in [2.45, 2.75) is 12.5 Å². The van der Waals surface area contributed by atoms with Gasteiger partial charge < -0.3 is 15.2 Å². The SMILES string of the molecule is COCC(CCO)NC(=O)c1cccc(Cl)c1F. The molecule has 1 unspecified atom stereocenters. The average molecular weight is 276 g/mol. The fraction of sp³-hybridized carbons (Fsp3) is 0.417. The van der Waals surface area contributed by atoms with E-state index >= 15 is 0 Å². The highest BCUT2D eigenvalue weighted by Gasteiger charge is 2.17. The fourth-order valence-electron chi connectivity index (χ4n) is 1.50. The fourth-order valence-corrected chi connectivity index (χ4v) is 1.67. The zero-order valence-electron chi connectivity index (χ0n) is 9.95. The number of methoxy groups -OCH3 is 1. The third-order valence-electron chi connectivity index (χ3n) is 2.38. The molecule has 1 rings (SSSR count). The van der Waals surface area contributed by atoms with Crippen LogP contribution in [0.15, 0.2) is 18.2 Å². The molecule has 6 heteroatoms. The standard InChI is InChI=1S/C12H15ClFNO3/c1-18-7-8(5-6-16)15-12(17)9-3-2-4-10(13)11(9)14/h2-4,8,16H,5-7H2,1H3,(H,15,17). The molecule has 0 radical (unpaired) electrons. The van der Waals surface area contributed by atoms with Crippen molar-refractivity contribution in [2.24, 2.45) is 0 Å². The lowest BCUT2D eigenvalue weighted by Gasteiger charge is -2.17. The van der Waals surface area contributed by atoms with Gasteiger partial charge in [0.15, 0.2) is 5.82 Å². The van der Waals surface area contributed by atoms with E-state index < -0.39 is 11.7 Å². The van der Waals surface area contributed by atoms with Crippen LogP contribution in [0.2, 0.25) is 5.02 Å². The van der Waals surface area contributed by atoms with E-state index in [1.54, 1.807) is 0 Å². The molecule has 1 aromatic rings. The van der Waals surface area contributed by atoms with Gasteiger partial charge in [0, 0.05) is 13.7 Å². The van der Waals surface area contributed by atoms with Crippen LogP contribution in [0.1, 0.15) is 16.8 Å². The molecule has 1 aromatic carbocycles. The number of rotatable bonds is 6. The molecule has 2 N–H and O–H groups in total. The van der Waals surface area contributed by atoms with Crippen LogP contribution in [0.4, 0.5) is 4.39 Å². The van der Waals surface area contributed by atoms with Crippen LogP contribution in [0.5, 0.6) is 0 Å². The van der Waals surface area contributed by atoms with Gasteiger partial charge in [0.05, 0.1) is 23.2 Å². The van der Waals surface area contributed by atoms with E-state index in [-0.39, 0.29) is 29.8 Å². The number of ether oxygens (including phenoxy) is 1. The van der Waals surface area contributed by atoms with Gasteiger partial charge in [0.2, 0.25) is 0 Å². The van der Waals surface area contributed by atoms with Crippen LogP contribution in [0, 0.1) is 5.82 Å². The highest BCUT2D eigenvalue weighted by atomic mass is 35.5. The van der Waals surface area contributed by atoms with E-state index in [0.29, 0.717) is 6.42 Å². The first kappa shape index (κ1) is 14.9. The van der Waals surface area contributed by atoms with Crippen molar-refractivity contribution in [3.05, 3.63) is 34.6 Å². The minimum absolute atomic E-state index is 0.0909. The van der Waals surface area contributed by atoms with Gasteiger partial charge in [-0.05, 0) is 18.6 Å². The Bertz CT molecular complexity index is 408.